The molecule has 0 saturated carbocycles. The monoisotopic (exact) mass is 484 g/mol. The van der Waals surface area contributed by atoms with E-state index in [1.54, 1.807) is 42.5 Å². The molecular weight excluding hydrogens is 456 g/mol. The predicted molar refractivity (Wildman–Crippen MR) is 134 cm³/mol. The zero-order valence-electron chi connectivity index (χ0n) is 19.3. The fourth-order valence-electron chi connectivity index (χ4n) is 3.59. The van der Waals surface area contributed by atoms with Crippen LogP contribution in [-0.2, 0) is 21.2 Å². The lowest BCUT2D eigenvalue weighted by molar-refractivity contribution is -0.121. The van der Waals surface area contributed by atoms with Crippen LogP contribution in [0.2, 0.25) is 5.02 Å². The maximum Gasteiger partial charge on any atom is 0.264 e. The van der Waals surface area contributed by atoms with Crippen LogP contribution in [0.25, 0.3) is 0 Å². The summed E-state index contributed by atoms with van der Waals surface area (Å²) in [5, 5.41) is 3.42. The van der Waals surface area contributed by atoms with Gasteiger partial charge in [0, 0.05) is 10.6 Å². The number of benzene rings is 3. The summed E-state index contributed by atoms with van der Waals surface area (Å²) in [6.45, 7) is 7.19. The molecule has 0 unspecified atom stereocenters. The van der Waals surface area contributed by atoms with Gasteiger partial charge in [-0.3, -0.25) is 9.10 Å². The Morgan fingerprint density at radius 1 is 0.970 bits per heavy atom. The molecule has 1 amide bonds. The van der Waals surface area contributed by atoms with Crippen LogP contribution in [0.3, 0.4) is 0 Å². The molecule has 0 radical (unpaired) electrons. The first-order valence-electron chi connectivity index (χ1n) is 10.7. The van der Waals surface area contributed by atoms with Crippen molar-refractivity contribution in [3.8, 4) is 0 Å². The third-order valence-corrected chi connectivity index (χ3v) is 7.50. The van der Waals surface area contributed by atoms with Gasteiger partial charge in [-0.2, -0.15) is 0 Å². The number of hydrogen-bond acceptors (Lipinski definition) is 3. The second-order valence-corrected chi connectivity index (χ2v) is 11.1. The molecule has 0 spiro atoms. The van der Waals surface area contributed by atoms with Crippen LogP contribution in [0.5, 0.6) is 0 Å². The van der Waals surface area contributed by atoms with Gasteiger partial charge in [-0.15, -0.1) is 0 Å². The Hall–Kier alpha value is -2.83. The minimum absolute atomic E-state index is 0.112. The molecule has 5 nitrogen and oxygen atoms in total. The van der Waals surface area contributed by atoms with Crippen molar-refractivity contribution in [3.05, 3.63) is 94.5 Å². The number of aryl methyl sites for hydroxylation is 2. The minimum Gasteiger partial charge on any atom is -0.349 e. The number of hydrogen-bond donors (Lipinski definition) is 1. The number of amides is 1. The van der Waals surface area contributed by atoms with Crippen molar-refractivity contribution in [2.75, 3.05) is 10.8 Å². The van der Waals surface area contributed by atoms with E-state index in [2.05, 4.69) is 5.32 Å². The molecule has 3 aromatic carbocycles. The maximum atomic E-state index is 13.5. The zero-order valence-corrected chi connectivity index (χ0v) is 20.9. The van der Waals surface area contributed by atoms with Crippen LogP contribution in [0, 0.1) is 13.8 Å². The fourth-order valence-corrected chi connectivity index (χ4v) is 5.17. The van der Waals surface area contributed by atoms with E-state index >= 15 is 0 Å². The average molecular weight is 485 g/mol. The lowest BCUT2D eigenvalue weighted by atomic mass is 9.95. The first kappa shape index (κ1) is 24.8. The smallest absolute Gasteiger partial charge is 0.264 e. The topological polar surface area (TPSA) is 66.5 Å². The molecule has 0 aliphatic heterocycles. The summed E-state index contributed by atoms with van der Waals surface area (Å²) in [5.74, 6) is -0.400. The van der Waals surface area contributed by atoms with Gasteiger partial charge in [0.05, 0.1) is 10.6 Å². The normalized spacial score (nSPS) is 11.8. The largest absolute Gasteiger partial charge is 0.349 e. The van der Waals surface area contributed by atoms with E-state index in [9.17, 15) is 13.2 Å². The van der Waals surface area contributed by atoms with Gasteiger partial charge in [-0.05, 0) is 69.5 Å². The standard InChI is InChI=1S/C26H29ClN2O3S/c1-19-10-14-23(15-11-19)33(31,32)29(22-13-12-20(2)24(27)16-22)18-25(30)28-26(3,4)17-21-8-6-5-7-9-21/h5-16H,17-18H2,1-4H3,(H,28,30). The zero-order chi connectivity index (χ0) is 24.2. The summed E-state index contributed by atoms with van der Waals surface area (Å²) in [7, 11) is -4.00. The van der Waals surface area contributed by atoms with Gasteiger partial charge in [0.1, 0.15) is 6.54 Å². The summed E-state index contributed by atoms with van der Waals surface area (Å²) < 4.78 is 28.2. The maximum absolute atomic E-state index is 13.5. The molecule has 7 heteroatoms. The van der Waals surface area contributed by atoms with Gasteiger partial charge in [0.2, 0.25) is 5.91 Å². The van der Waals surface area contributed by atoms with E-state index in [0.717, 1.165) is 21.0 Å². The van der Waals surface area contributed by atoms with E-state index in [4.69, 9.17) is 11.6 Å². The Kier molecular flexibility index (Phi) is 7.50. The molecule has 3 aromatic rings. The highest BCUT2D eigenvalue weighted by Gasteiger charge is 2.29. The third kappa shape index (κ3) is 6.36. The van der Waals surface area contributed by atoms with Crippen molar-refractivity contribution in [1.29, 1.82) is 0 Å². The van der Waals surface area contributed by atoms with Gasteiger partial charge in [-0.1, -0.05) is 65.7 Å². The lowest BCUT2D eigenvalue weighted by Gasteiger charge is -2.29. The van der Waals surface area contributed by atoms with Crippen molar-refractivity contribution < 1.29 is 13.2 Å². The highest BCUT2D eigenvalue weighted by atomic mass is 35.5. The molecule has 0 bridgehead atoms. The van der Waals surface area contributed by atoms with Crippen LogP contribution < -0.4 is 9.62 Å². The van der Waals surface area contributed by atoms with Crippen molar-refractivity contribution in [2.24, 2.45) is 0 Å². The van der Waals surface area contributed by atoms with E-state index in [1.165, 1.54) is 0 Å². The Morgan fingerprint density at radius 3 is 2.21 bits per heavy atom. The number of carbonyl (C=O) groups is 1. The lowest BCUT2D eigenvalue weighted by Crippen LogP contribution is -2.50. The van der Waals surface area contributed by atoms with Crippen molar-refractivity contribution in [3.63, 3.8) is 0 Å². The highest BCUT2D eigenvalue weighted by molar-refractivity contribution is 7.92. The van der Waals surface area contributed by atoms with Crippen molar-refractivity contribution in [1.82, 2.24) is 5.32 Å². The first-order valence-corrected chi connectivity index (χ1v) is 12.5. The predicted octanol–water partition coefficient (Wildman–Crippen LogP) is 5.29. The molecule has 0 saturated heterocycles. The Morgan fingerprint density at radius 2 is 1.61 bits per heavy atom. The number of sulfonamides is 1. The molecule has 1 N–H and O–H groups in total. The molecule has 0 atom stereocenters. The molecule has 33 heavy (non-hydrogen) atoms. The molecule has 0 heterocycles. The van der Waals surface area contributed by atoms with Gasteiger partial charge in [0.15, 0.2) is 0 Å². The van der Waals surface area contributed by atoms with E-state index in [-0.39, 0.29) is 11.4 Å². The summed E-state index contributed by atoms with van der Waals surface area (Å²) in [4.78, 5) is 13.2. The number of nitrogens with one attached hydrogen (secondary N) is 1. The Balaban J connectivity index is 1.90. The number of anilines is 1. The SMILES string of the molecule is Cc1ccc(S(=O)(=O)N(CC(=O)NC(C)(C)Cc2ccccc2)c2ccc(C)c(Cl)c2)cc1. The number of nitrogens with zero attached hydrogens (tertiary/aromatic N) is 1. The molecule has 174 valence electrons. The third-order valence-electron chi connectivity index (χ3n) is 5.31. The molecule has 3 rings (SSSR count). The summed E-state index contributed by atoms with van der Waals surface area (Å²) in [6.07, 6.45) is 0.612. The van der Waals surface area contributed by atoms with E-state index in [1.807, 2.05) is 58.0 Å². The number of carbonyl (C=O) groups excluding carboxylic acids is 1. The van der Waals surface area contributed by atoms with Crippen LogP contribution in [0.15, 0.2) is 77.7 Å². The first-order chi connectivity index (χ1) is 15.5. The second-order valence-electron chi connectivity index (χ2n) is 8.85. The van der Waals surface area contributed by atoms with Crippen molar-refractivity contribution >= 4 is 33.2 Å². The fraction of sp³-hybridized carbons (Fsp3) is 0.269. The van der Waals surface area contributed by atoms with Crippen LogP contribution >= 0.6 is 11.6 Å². The van der Waals surface area contributed by atoms with Gasteiger partial charge < -0.3 is 5.32 Å². The molecule has 0 aromatic heterocycles. The Bertz CT molecular complexity index is 1220. The second kappa shape index (κ2) is 9.98. The van der Waals surface area contributed by atoms with Crippen molar-refractivity contribution in [2.45, 2.75) is 44.6 Å². The summed E-state index contributed by atoms with van der Waals surface area (Å²) in [5.41, 5.74) is 2.61. The van der Waals surface area contributed by atoms with Gasteiger partial charge in [0.25, 0.3) is 10.0 Å². The highest BCUT2D eigenvalue weighted by Crippen LogP contribution is 2.28. The molecule has 0 fully saturated rings. The molecule has 0 aliphatic carbocycles. The van der Waals surface area contributed by atoms with Crippen LogP contribution in [-0.4, -0.2) is 26.4 Å². The average Bonchev–Trinajstić information content (AvgIpc) is 2.74. The number of rotatable bonds is 8. The summed E-state index contributed by atoms with van der Waals surface area (Å²) in [6, 6.07) is 21.4. The quantitative estimate of drug-likeness (QED) is 0.472. The van der Waals surface area contributed by atoms with E-state index in [0.29, 0.717) is 17.1 Å². The molecule has 0 aliphatic rings. The van der Waals surface area contributed by atoms with Gasteiger partial charge >= 0.3 is 0 Å². The minimum atomic E-state index is -4.00. The van der Waals surface area contributed by atoms with Crippen LogP contribution in [0.1, 0.15) is 30.5 Å². The van der Waals surface area contributed by atoms with Crippen LogP contribution in [0.4, 0.5) is 5.69 Å². The molecular formula is C26H29ClN2O3S. The summed E-state index contributed by atoms with van der Waals surface area (Å²) >= 11 is 6.29. The Labute approximate surface area is 201 Å². The van der Waals surface area contributed by atoms with Gasteiger partial charge in [-0.25, -0.2) is 8.42 Å². The van der Waals surface area contributed by atoms with E-state index < -0.39 is 21.5 Å². The number of halogens is 1.